The van der Waals surface area contributed by atoms with Gasteiger partial charge in [-0.15, -0.1) is 11.3 Å². The second-order valence-corrected chi connectivity index (χ2v) is 5.36. The summed E-state index contributed by atoms with van der Waals surface area (Å²) in [6.45, 7) is 4.12. The number of rotatable bonds is 4. The summed E-state index contributed by atoms with van der Waals surface area (Å²) in [5.74, 6) is -0.143. The fourth-order valence-electron chi connectivity index (χ4n) is 2.21. The SMILES string of the molecule is CCc1ccsc1C(NC)c1cc(C)ccc1F. The predicted octanol–water partition coefficient (Wildman–Crippen LogP) is 4.07. The van der Waals surface area contributed by atoms with Crippen molar-refractivity contribution in [3.8, 4) is 0 Å². The molecule has 0 aliphatic carbocycles. The Bertz CT molecular complexity index is 533. The molecule has 0 saturated carbocycles. The lowest BCUT2D eigenvalue weighted by Gasteiger charge is -2.18. The van der Waals surface area contributed by atoms with E-state index in [1.807, 2.05) is 20.0 Å². The smallest absolute Gasteiger partial charge is 0.128 e. The van der Waals surface area contributed by atoms with Crippen molar-refractivity contribution in [2.45, 2.75) is 26.3 Å². The standard InChI is InChI=1S/C15H18FNS/c1-4-11-7-8-18-15(11)14(17-3)12-9-10(2)5-6-13(12)16/h5-9,14,17H,4H2,1-3H3. The predicted molar refractivity (Wildman–Crippen MR) is 75.7 cm³/mol. The summed E-state index contributed by atoms with van der Waals surface area (Å²) in [5.41, 5.74) is 3.11. The Morgan fingerprint density at radius 3 is 2.78 bits per heavy atom. The van der Waals surface area contributed by atoms with E-state index in [9.17, 15) is 4.39 Å². The molecule has 3 heteroatoms. The Morgan fingerprint density at radius 2 is 2.11 bits per heavy atom. The summed E-state index contributed by atoms with van der Waals surface area (Å²) >= 11 is 1.69. The molecule has 0 radical (unpaired) electrons. The number of aryl methyl sites for hydroxylation is 2. The molecular formula is C15H18FNS. The van der Waals surface area contributed by atoms with E-state index >= 15 is 0 Å². The van der Waals surface area contributed by atoms with Crippen molar-refractivity contribution in [1.29, 1.82) is 0 Å². The Morgan fingerprint density at radius 1 is 1.33 bits per heavy atom. The maximum Gasteiger partial charge on any atom is 0.128 e. The molecule has 0 fully saturated rings. The Balaban J connectivity index is 2.48. The number of nitrogens with one attached hydrogen (secondary N) is 1. The summed E-state index contributed by atoms with van der Waals surface area (Å²) in [7, 11) is 1.88. The highest BCUT2D eigenvalue weighted by Gasteiger charge is 2.19. The number of halogens is 1. The molecule has 0 amide bonds. The molecule has 0 bridgehead atoms. The fourth-order valence-corrected chi connectivity index (χ4v) is 3.33. The molecule has 2 aromatic rings. The highest BCUT2D eigenvalue weighted by Crippen LogP contribution is 2.31. The molecule has 1 unspecified atom stereocenters. The third-order valence-electron chi connectivity index (χ3n) is 3.17. The summed E-state index contributed by atoms with van der Waals surface area (Å²) in [6, 6.07) is 7.35. The van der Waals surface area contributed by atoms with Crippen LogP contribution in [0, 0.1) is 12.7 Å². The first-order chi connectivity index (χ1) is 8.67. The van der Waals surface area contributed by atoms with Gasteiger partial charge < -0.3 is 5.32 Å². The van der Waals surface area contributed by atoms with Crippen LogP contribution in [0.1, 0.15) is 34.5 Å². The van der Waals surface area contributed by atoms with Gasteiger partial charge >= 0.3 is 0 Å². The van der Waals surface area contributed by atoms with Gasteiger partial charge in [0.1, 0.15) is 5.82 Å². The van der Waals surface area contributed by atoms with E-state index in [-0.39, 0.29) is 11.9 Å². The lowest BCUT2D eigenvalue weighted by Crippen LogP contribution is -2.19. The van der Waals surface area contributed by atoms with Crippen LogP contribution in [0.2, 0.25) is 0 Å². The van der Waals surface area contributed by atoms with Crippen molar-refractivity contribution in [3.05, 3.63) is 57.0 Å². The van der Waals surface area contributed by atoms with Crippen LogP contribution in [-0.4, -0.2) is 7.05 Å². The molecule has 2 rings (SSSR count). The molecule has 1 atom stereocenters. The summed E-state index contributed by atoms with van der Waals surface area (Å²) < 4.78 is 14.0. The van der Waals surface area contributed by atoms with Crippen molar-refractivity contribution in [1.82, 2.24) is 5.32 Å². The van der Waals surface area contributed by atoms with Crippen molar-refractivity contribution in [3.63, 3.8) is 0 Å². The van der Waals surface area contributed by atoms with Crippen LogP contribution in [0.25, 0.3) is 0 Å². The van der Waals surface area contributed by atoms with Gasteiger partial charge in [0.15, 0.2) is 0 Å². The average Bonchev–Trinajstić information content (AvgIpc) is 2.83. The molecule has 0 aliphatic heterocycles. The first-order valence-corrected chi connectivity index (χ1v) is 7.05. The van der Waals surface area contributed by atoms with Gasteiger partial charge in [-0.25, -0.2) is 4.39 Å². The van der Waals surface area contributed by atoms with E-state index < -0.39 is 0 Å². The van der Waals surface area contributed by atoms with Gasteiger partial charge in [-0.2, -0.15) is 0 Å². The molecule has 1 N–H and O–H groups in total. The number of hydrogen-bond acceptors (Lipinski definition) is 2. The van der Waals surface area contributed by atoms with Gasteiger partial charge in [-0.3, -0.25) is 0 Å². The zero-order valence-electron chi connectivity index (χ0n) is 11.0. The van der Waals surface area contributed by atoms with Crippen LogP contribution < -0.4 is 5.32 Å². The molecule has 0 spiro atoms. The lowest BCUT2D eigenvalue weighted by molar-refractivity contribution is 0.577. The molecule has 96 valence electrons. The molecule has 18 heavy (non-hydrogen) atoms. The minimum Gasteiger partial charge on any atom is -0.309 e. The second kappa shape index (κ2) is 5.63. The molecule has 1 aromatic carbocycles. The molecule has 0 saturated heterocycles. The van der Waals surface area contributed by atoms with Crippen LogP contribution in [0.15, 0.2) is 29.6 Å². The first kappa shape index (κ1) is 13.2. The number of thiophene rings is 1. The topological polar surface area (TPSA) is 12.0 Å². The fraction of sp³-hybridized carbons (Fsp3) is 0.333. The van der Waals surface area contributed by atoms with E-state index in [1.54, 1.807) is 23.5 Å². The Labute approximate surface area is 112 Å². The summed E-state index contributed by atoms with van der Waals surface area (Å²) in [4.78, 5) is 1.21. The summed E-state index contributed by atoms with van der Waals surface area (Å²) in [6.07, 6.45) is 0.977. The van der Waals surface area contributed by atoms with Gasteiger partial charge in [0.05, 0.1) is 6.04 Å². The third-order valence-corrected chi connectivity index (χ3v) is 4.20. The van der Waals surface area contributed by atoms with Gasteiger partial charge in [-0.05, 0) is 43.5 Å². The highest BCUT2D eigenvalue weighted by molar-refractivity contribution is 7.10. The number of hydrogen-bond donors (Lipinski definition) is 1. The molecule has 1 aromatic heterocycles. The van der Waals surface area contributed by atoms with Crippen molar-refractivity contribution < 1.29 is 4.39 Å². The molecule has 0 aliphatic rings. The van der Waals surface area contributed by atoms with Crippen LogP contribution in [0.4, 0.5) is 4.39 Å². The van der Waals surface area contributed by atoms with Gasteiger partial charge in [0.2, 0.25) is 0 Å². The van der Waals surface area contributed by atoms with E-state index in [4.69, 9.17) is 0 Å². The van der Waals surface area contributed by atoms with Crippen LogP contribution in [0.3, 0.4) is 0 Å². The minimum absolute atomic E-state index is 0.0557. The quantitative estimate of drug-likeness (QED) is 0.877. The Kier molecular flexibility index (Phi) is 4.15. The zero-order valence-corrected chi connectivity index (χ0v) is 11.8. The second-order valence-electron chi connectivity index (χ2n) is 4.41. The van der Waals surface area contributed by atoms with Crippen LogP contribution in [-0.2, 0) is 6.42 Å². The number of benzene rings is 1. The maximum absolute atomic E-state index is 14.0. The van der Waals surface area contributed by atoms with Crippen LogP contribution >= 0.6 is 11.3 Å². The highest BCUT2D eigenvalue weighted by atomic mass is 32.1. The van der Waals surface area contributed by atoms with Crippen molar-refractivity contribution in [2.75, 3.05) is 7.05 Å². The first-order valence-electron chi connectivity index (χ1n) is 6.17. The van der Waals surface area contributed by atoms with Crippen molar-refractivity contribution >= 4 is 11.3 Å². The molecular weight excluding hydrogens is 245 g/mol. The normalized spacial score (nSPS) is 12.7. The minimum atomic E-state index is -0.143. The average molecular weight is 263 g/mol. The largest absolute Gasteiger partial charge is 0.309 e. The molecule has 1 nitrogen and oxygen atoms in total. The van der Waals surface area contributed by atoms with Gasteiger partial charge in [-0.1, -0.05) is 24.6 Å². The summed E-state index contributed by atoms with van der Waals surface area (Å²) in [5, 5.41) is 5.31. The maximum atomic E-state index is 14.0. The van der Waals surface area contributed by atoms with E-state index in [0.29, 0.717) is 0 Å². The lowest BCUT2D eigenvalue weighted by atomic mass is 9.99. The van der Waals surface area contributed by atoms with Gasteiger partial charge in [0.25, 0.3) is 0 Å². The monoisotopic (exact) mass is 263 g/mol. The van der Waals surface area contributed by atoms with E-state index in [2.05, 4.69) is 23.7 Å². The molecule has 1 heterocycles. The van der Waals surface area contributed by atoms with E-state index in [0.717, 1.165) is 17.5 Å². The Hall–Kier alpha value is -1.19. The third kappa shape index (κ3) is 2.47. The zero-order chi connectivity index (χ0) is 13.1. The van der Waals surface area contributed by atoms with E-state index in [1.165, 1.54) is 10.4 Å². The van der Waals surface area contributed by atoms with Crippen LogP contribution in [0.5, 0.6) is 0 Å². The van der Waals surface area contributed by atoms with Crippen molar-refractivity contribution in [2.24, 2.45) is 0 Å². The van der Waals surface area contributed by atoms with Gasteiger partial charge in [0, 0.05) is 10.4 Å².